The van der Waals surface area contributed by atoms with Crippen LogP contribution in [0.1, 0.15) is 5.56 Å². The van der Waals surface area contributed by atoms with Gasteiger partial charge in [0.25, 0.3) is 0 Å². The first-order valence-electron chi connectivity index (χ1n) is 5.21. The zero-order valence-electron chi connectivity index (χ0n) is 9.67. The van der Waals surface area contributed by atoms with E-state index in [9.17, 15) is 4.79 Å². The Balaban J connectivity index is 2.74. The quantitative estimate of drug-likeness (QED) is 0.750. The number of aliphatic carboxylic acids is 1. The molecule has 0 spiro atoms. The number of hydrogen-bond acceptors (Lipinski definition) is 4. The molecule has 0 saturated heterocycles. The molecule has 4 nitrogen and oxygen atoms in total. The van der Waals surface area contributed by atoms with Crippen LogP contribution in [0.3, 0.4) is 0 Å². The fourth-order valence-corrected chi connectivity index (χ4v) is 1.88. The van der Waals surface area contributed by atoms with Crippen LogP contribution in [0, 0.1) is 0 Å². The van der Waals surface area contributed by atoms with E-state index in [0.29, 0.717) is 12.3 Å². The van der Waals surface area contributed by atoms with Gasteiger partial charge in [-0.05, 0) is 11.8 Å². The smallest absolute Gasteiger partial charge is 0.351 e. The summed E-state index contributed by atoms with van der Waals surface area (Å²) in [6.45, 7) is 0.352. The highest BCUT2D eigenvalue weighted by Crippen LogP contribution is 2.03. The molecule has 1 unspecified atom stereocenters. The van der Waals surface area contributed by atoms with Crippen molar-refractivity contribution < 1.29 is 9.90 Å². The minimum Gasteiger partial charge on any atom is -0.477 e. The molecule has 1 aromatic rings. The zero-order chi connectivity index (χ0) is 12.7. The topological polar surface area (TPSA) is 75.7 Å². The number of carbonyl (C=O) groups is 1. The van der Waals surface area contributed by atoms with Crippen LogP contribution in [-0.4, -0.2) is 34.8 Å². The van der Waals surface area contributed by atoms with Crippen molar-refractivity contribution in [1.29, 1.82) is 0 Å². The van der Waals surface area contributed by atoms with Gasteiger partial charge in [-0.3, -0.25) is 4.99 Å². The Kier molecular flexibility index (Phi) is 5.72. The molecule has 1 rings (SSSR count). The van der Waals surface area contributed by atoms with Crippen LogP contribution in [-0.2, 0) is 11.3 Å². The molecular formula is C12H16N2O2S. The summed E-state index contributed by atoms with van der Waals surface area (Å²) in [7, 11) is 0. The van der Waals surface area contributed by atoms with Crippen molar-refractivity contribution in [3.63, 3.8) is 0 Å². The van der Waals surface area contributed by atoms with Crippen LogP contribution < -0.4 is 5.73 Å². The fraction of sp³-hybridized carbons (Fsp3) is 0.333. The van der Waals surface area contributed by atoms with E-state index in [0.717, 1.165) is 5.56 Å². The molecule has 0 aliphatic rings. The molecule has 0 aromatic heterocycles. The fourth-order valence-electron chi connectivity index (χ4n) is 1.36. The minimum absolute atomic E-state index is 0.0446. The molecule has 0 bridgehead atoms. The molecular weight excluding hydrogens is 236 g/mol. The van der Waals surface area contributed by atoms with Crippen molar-refractivity contribution in [2.24, 2.45) is 10.7 Å². The van der Waals surface area contributed by atoms with Gasteiger partial charge in [0.2, 0.25) is 0 Å². The number of carboxylic acid groups (broad SMARTS) is 1. The van der Waals surface area contributed by atoms with E-state index in [1.807, 2.05) is 36.6 Å². The predicted octanol–water partition coefficient (Wildman–Crippen LogP) is 1.40. The Morgan fingerprint density at radius 2 is 2.12 bits per heavy atom. The second-order valence-electron chi connectivity index (χ2n) is 3.55. The van der Waals surface area contributed by atoms with Crippen molar-refractivity contribution >= 4 is 23.4 Å². The predicted molar refractivity (Wildman–Crippen MR) is 71.6 cm³/mol. The number of carboxylic acids is 1. The van der Waals surface area contributed by atoms with Gasteiger partial charge < -0.3 is 10.8 Å². The van der Waals surface area contributed by atoms with E-state index in [2.05, 4.69) is 4.99 Å². The van der Waals surface area contributed by atoms with Crippen LogP contribution in [0.25, 0.3) is 0 Å². The molecule has 92 valence electrons. The third-order valence-corrected chi connectivity index (χ3v) is 2.88. The molecule has 3 N–H and O–H groups in total. The lowest BCUT2D eigenvalue weighted by Crippen LogP contribution is -2.38. The molecule has 5 heteroatoms. The molecule has 1 atom stereocenters. The van der Waals surface area contributed by atoms with E-state index in [1.54, 1.807) is 0 Å². The van der Waals surface area contributed by atoms with E-state index in [-0.39, 0.29) is 5.71 Å². The van der Waals surface area contributed by atoms with Crippen molar-refractivity contribution in [2.75, 3.05) is 12.0 Å². The maximum absolute atomic E-state index is 11.0. The lowest BCUT2D eigenvalue weighted by Gasteiger charge is -2.09. The largest absolute Gasteiger partial charge is 0.477 e. The van der Waals surface area contributed by atoms with Gasteiger partial charge in [-0.1, -0.05) is 30.3 Å². The summed E-state index contributed by atoms with van der Waals surface area (Å²) in [5.74, 6) is -0.484. The molecule has 1 aromatic carbocycles. The maximum atomic E-state index is 11.0. The number of benzene rings is 1. The van der Waals surface area contributed by atoms with Crippen LogP contribution in [0.15, 0.2) is 35.3 Å². The highest BCUT2D eigenvalue weighted by atomic mass is 32.2. The molecule has 0 aliphatic heterocycles. The van der Waals surface area contributed by atoms with E-state index < -0.39 is 12.0 Å². The second kappa shape index (κ2) is 7.09. The molecule has 0 fully saturated rings. The minimum atomic E-state index is -1.04. The van der Waals surface area contributed by atoms with E-state index in [1.165, 1.54) is 11.8 Å². The normalized spacial score (nSPS) is 13.4. The average Bonchev–Trinajstić information content (AvgIpc) is 2.30. The number of nitrogens with zero attached hydrogens (tertiary/aromatic N) is 1. The molecule has 0 radical (unpaired) electrons. The van der Waals surface area contributed by atoms with E-state index >= 15 is 0 Å². The molecule has 0 aliphatic carbocycles. The van der Waals surface area contributed by atoms with Crippen molar-refractivity contribution in [2.45, 2.75) is 12.6 Å². The maximum Gasteiger partial charge on any atom is 0.351 e. The van der Waals surface area contributed by atoms with Crippen LogP contribution in [0.5, 0.6) is 0 Å². The van der Waals surface area contributed by atoms with Gasteiger partial charge in [0, 0.05) is 5.75 Å². The first kappa shape index (κ1) is 13.7. The molecule has 0 amide bonds. The number of nitrogens with two attached hydrogens (primary N) is 1. The third-order valence-electron chi connectivity index (χ3n) is 2.19. The Bertz CT molecular complexity index is 393. The summed E-state index contributed by atoms with van der Waals surface area (Å²) in [6, 6.07) is 8.99. The Morgan fingerprint density at radius 3 is 2.65 bits per heavy atom. The summed E-state index contributed by atoms with van der Waals surface area (Å²) in [5.41, 5.74) is 6.78. The standard InChI is InChI=1S/C12H16N2O2S/c1-17-8-10(13)11(12(15)16)14-7-9-5-3-2-4-6-9/h2-6,10H,7-8,13H2,1H3,(H,15,16). The van der Waals surface area contributed by atoms with Crippen LogP contribution in [0.2, 0.25) is 0 Å². The number of thioether (sulfide) groups is 1. The Hall–Kier alpha value is -1.33. The van der Waals surface area contributed by atoms with Crippen LogP contribution in [0.4, 0.5) is 0 Å². The Morgan fingerprint density at radius 1 is 1.47 bits per heavy atom. The average molecular weight is 252 g/mol. The lowest BCUT2D eigenvalue weighted by atomic mass is 10.2. The van der Waals surface area contributed by atoms with Gasteiger partial charge in [0.05, 0.1) is 12.6 Å². The first-order chi connectivity index (χ1) is 8.15. The summed E-state index contributed by atoms with van der Waals surface area (Å²) in [4.78, 5) is 15.1. The third kappa shape index (κ3) is 4.58. The second-order valence-corrected chi connectivity index (χ2v) is 4.46. The van der Waals surface area contributed by atoms with Gasteiger partial charge >= 0.3 is 5.97 Å². The van der Waals surface area contributed by atoms with Gasteiger partial charge in [0.1, 0.15) is 5.71 Å². The highest BCUT2D eigenvalue weighted by Gasteiger charge is 2.17. The number of hydrogen-bond donors (Lipinski definition) is 2. The highest BCUT2D eigenvalue weighted by molar-refractivity contribution is 7.98. The van der Waals surface area contributed by atoms with Crippen molar-refractivity contribution in [3.05, 3.63) is 35.9 Å². The Labute approximate surface area is 105 Å². The molecule has 0 saturated carbocycles. The lowest BCUT2D eigenvalue weighted by molar-refractivity contribution is -0.129. The SMILES string of the molecule is CSCC(N)C(=NCc1ccccc1)C(=O)O. The van der Waals surface area contributed by atoms with Crippen LogP contribution >= 0.6 is 11.8 Å². The van der Waals surface area contributed by atoms with Gasteiger partial charge in [-0.25, -0.2) is 4.79 Å². The number of rotatable bonds is 6. The van der Waals surface area contributed by atoms with Gasteiger partial charge in [-0.2, -0.15) is 11.8 Å². The first-order valence-corrected chi connectivity index (χ1v) is 6.60. The van der Waals surface area contributed by atoms with E-state index in [4.69, 9.17) is 10.8 Å². The summed E-state index contributed by atoms with van der Waals surface area (Å²) in [5, 5.41) is 9.03. The monoisotopic (exact) mass is 252 g/mol. The number of aliphatic imine (C=N–C) groups is 1. The van der Waals surface area contributed by atoms with Gasteiger partial charge in [0.15, 0.2) is 0 Å². The van der Waals surface area contributed by atoms with Gasteiger partial charge in [-0.15, -0.1) is 0 Å². The summed E-state index contributed by atoms with van der Waals surface area (Å²) >= 11 is 1.51. The van der Waals surface area contributed by atoms with Crippen molar-refractivity contribution in [1.82, 2.24) is 0 Å². The molecule has 0 heterocycles. The zero-order valence-corrected chi connectivity index (χ0v) is 10.5. The summed E-state index contributed by atoms with van der Waals surface area (Å²) in [6.07, 6.45) is 1.89. The summed E-state index contributed by atoms with van der Waals surface area (Å²) < 4.78 is 0. The van der Waals surface area contributed by atoms with Crippen molar-refractivity contribution in [3.8, 4) is 0 Å². The molecule has 17 heavy (non-hydrogen) atoms.